The number of anilines is 2. The van der Waals surface area contributed by atoms with Crippen molar-refractivity contribution in [2.45, 2.75) is 6.92 Å². The van der Waals surface area contributed by atoms with Crippen molar-refractivity contribution >= 4 is 49.5 Å². The van der Waals surface area contributed by atoms with Gasteiger partial charge in [-0.2, -0.15) is 0 Å². The monoisotopic (exact) mass is 856 g/mol. The second kappa shape index (κ2) is 18.0. The Bertz CT molecular complexity index is 3560. The molecule has 11 rings (SSSR count). The molecule has 10 aromatic carbocycles. The van der Waals surface area contributed by atoms with Crippen LogP contribution in [0.3, 0.4) is 0 Å². The zero-order chi connectivity index (χ0) is 45.1. The fourth-order valence-electron chi connectivity index (χ4n) is 9.78. The van der Waals surface area contributed by atoms with Gasteiger partial charge in [-0.1, -0.05) is 201 Å². The minimum atomic E-state index is 1.06. The Hall–Kier alpha value is -8.72. The fourth-order valence-corrected chi connectivity index (χ4v) is 9.78. The SMILES string of the molecule is C=C/C=C\C(=C(/C)N(c1ccc(-c2cc(-c3ccccc3)cc(-c3ccccc3)c2)cc1)c1cccc(-c2cc3ccccc3c3c2c2ccccc2n3-c2ccccc2)c1)c1ccccc1. The lowest BCUT2D eigenvalue weighted by atomic mass is 9.93. The molecule has 0 amide bonds. The predicted octanol–water partition coefficient (Wildman–Crippen LogP) is 17.9. The first-order valence-electron chi connectivity index (χ1n) is 23.0. The van der Waals surface area contributed by atoms with Crippen molar-refractivity contribution in [1.29, 1.82) is 0 Å². The van der Waals surface area contributed by atoms with E-state index in [1.54, 1.807) is 0 Å². The first-order chi connectivity index (χ1) is 33.1. The van der Waals surface area contributed by atoms with E-state index in [1.165, 1.54) is 66.0 Å². The minimum absolute atomic E-state index is 1.06. The number of hydrogen-bond acceptors (Lipinski definition) is 1. The first kappa shape index (κ1) is 41.0. The highest BCUT2D eigenvalue weighted by Gasteiger charge is 2.22. The second-order valence-corrected chi connectivity index (χ2v) is 17.0. The lowest BCUT2D eigenvalue weighted by molar-refractivity contribution is 1.16. The highest BCUT2D eigenvalue weighted by Crippen LogP contribution is 2.45. The van der Waals surface area contributed by atoms with E-state index < -0.39 is 0 Å². The van der Waals surface area contributed by atoms with Crippen molar-refractivity contribution < 1.29 is 0 Å². The number of fused-ring (bicyclic) bond motifs is 5. The Morgan fingerprint density at radius 1 is 0.448 bits per heavy atom. The molecule has 0 aliphatic heterocycles. The smallest absolute Gasteiger partial charge is 0.0625 e. The fraction of sp³-hybridized carbons (Fsp3) is 0.0154. The maximum absolute atomic E-state index is 4.05. The molecule has 67 heavy (non-hydrogen) atoms. The third-order valence-corrected chi connectivity index (χ3v) is 12.9. The summed E-state index contributed by atoms with van der Waals surface area (Å²) in [6.45, 7) is 6.28. The zero-order valence-electron chi connectivity index (χ0n) is 37.4. The average Bonchev–Trinajstić information content (AvgIpc) is 3.75. The summed E-state index contributed by atoms with van der Waals surface area (Å²) in [4.78, 5) is 2.41. The molecule has 0 spiro atoms. The zero-order valence-corrected chi connectivity index (χ0v) is 37.4. The van der Waals surface area contributed by atoms with Crippen LogP contribution in [0.4, 0.5) is 11.4 Å². The van der Waals surface area contributed by atoms with Gasteiger partial charge in [-0.05, 0) is 129 Å². The summed E-state index contributed by atoms with van der Waals surface area (Å²) in [5.41, 5.74) is 18.4. The predicted molar refractivity (Wildman–Crippen MR) is 287 cm³/mol. The maximum Gasteiger partial charge on any atom is 0.0625 e. The largest absolute Gasteiger partial charge is 0.314 e. The molecule has 0 saturated heterocycles. The Balaban J connectivity index is 1.11. The van der Waals surface area contributed by atoms with Gasteiger partial charge >= 0.3 is 0 Å². The molecule has 1 aromatic heterocycles. The average molecular weight is 857 g/mol. The normalized spacial score (nSPS) is 11.9. The van der Waals surface area contributed by atoms with Gasteiger partial charge in [0, 0.05) is 44.5 Å². The molecule has 0 saturated carbocycles. The van der Waals surface area contributed by atoms with Gasteiger partial charge in [-0.15, -0.1) is 0 Å². The van der Waals surface area contributed by atoms with Crippen LogP contribution in [0.2, 0.25) is 0 Å². The number of nitrogens with zero attached hydrogens (tertiary/aromatic N) is 2. The van der Waals surface area contributed by atoms with Crippen LogP contribution in [0.15, 0.2) is 273 Å². The van der Waals surface area contributed by atoms with E-state index in [0.717, 1.165) is 45.0 Å². The van der Waals surface area contributed by atoms with E-state index >= 15 is 0 Å². The van der Waals surface area contributed by atoms with E-state index in [-0.39, 0.29) is 0 Å². The van der Waals surface area contributed by atoms with Crippen molar-refractivity contribution in [3.8, 4) is 50.2 Å². The molecule has 0 radical (unpaired) electrons. The summed E-state index contributed by atoms with van der Waals surface area (Å²) in [6.07, 6.45) is 6.05. The Morgan fingerprint density at radius 3 is 1.63 bits per heavy atom. The molecule has 0 unspecified atom stereocenters. The third kappa shape index (κ3) is 7.85. The van der Waals surface area contributed by atoms with Crippen LogP contribution in [0.1, 0.15) is 12.5 Å². The Morgan fingerprint density at radius 2 is 0.985 bits per heavy atom. The van der Waals surface area contributed by atoms with Gasteiger partial charge in [0.25, 0.3) is 0 Å². The van der Waals surface area contributed by atoms with Gasteiger partial charge in [0.2, 0.25) is 0 Å². The van der Waals surface area contributed by atoms with E-state index in [1.807, 2.05) is 12.2 Å². The summed E-state index contributed by atoms with van der Waals surface area (Å²) in [7, 11) is 0. The van der Waals surface area contributed by atoms with Gasteiger partial charge in [-0.3, -0.25) is 0 Å². The highest BCUT2D eigenvalue weighted by molar-refractivity contribution is 6.24. The van der Waals surface area contributed by atoms with Crippen LogP contribution in [0, 0.1) is 0 Å². The van der Waals surface area contributed by atoms with E-state index in [4.69, 9.17) is 0 Å². The van der Waals surface area contributed by atoms with Crippen molar-refractivity contribution in [1.82, 2.24) is 4.57 Å². The Labute approximate surface area is 393 Å². The van der Waals surface area contributed by atoms with Crippen LogP contribution in [-0.4, -0.2) is 4.57 Å². The highest BCUT2D eigenvalue weighted by atomic mass is 15.1. The number of para-hydroxylation sites is 2. The second-order valence-electron chi connectivity index (χ2n) is 17.0. The molecule has 11 aromatic rings. The molecule has 0 N–H and O–H groups in total. The van der Waals surface area contributed by atoms with Crippen LogP contribution in [0.25, 0.3) is 88.3 Å². The van der Waals surface area contributed by atoms with Crippen molar-refractivity contribution in [3.05, 3.63) is 279 Å². The summed E-state index contributed by atoms with van der Waals surface area (Å²) >= 11 is 0. The van der Waals surface area contributed by atoms with Crippen LogP contribution in [0.5, 0.6) is 0 Å². The van der Waals surface area contributed by atoms with Crippen molar-refractivity contribution in [3.63, 3.8) is 0 Å². The van der Waals surface area contributed by atoms with Crippen LogP contribution < -0.4 is 4.90 Å². The molecular weight excluding hydrogens is 809 g/mol. The van der Waals surface area contributed by atoms with Crippen molar-refractivity contribution in [2.24, 2.45) is 0 Å². The first-order valence-corrected chi connectivity index (χ1v) is 23.0. The summed E-state index contributed by atoms with van der Waals surface area (Å²) in [5.74, 6) is 0. The van der Waals surface area contributed by atoms with E-state index in [9.17, 15) is 0 Å². The summed E-state index contributed by atoms with van der Waals surface area (Å²) < 4.78 is 2.44. The van der Waals surface area contributed by atoms with Gasteiger partial charge in [0.1, 0.15) is 0 Å². The van der Waals surface area contributed by atoms with Crippen molar-refractivity contribution in [2.75, 3.05) is 4.90 Å². The van der Waals surface area contributed by atoms with E-state index in [2.05, 4.69) is 272 Å². The minimum Gasteiger partial charge on any atom is -0.314 e. The molecule has 0 bridgehead atoms. The quantitative estimate of drug-likeness (QED) is 0.118. The maximum atomic E-state index is 4.05. The molecule has 0 atom stereocenters. The number of benzene rings is 10. The number of rotatable bonds is 11. The molecule has 0 aliphatic rings. The standard InChI is InChI=1S/C65H48N2/c1-3-4-33-59(50-26-13-7-14-27-50)46(2)66(57-39-37-49(38-40-57)55-42-53(47-22-9-5-10-23-47)41-54(43-55)48-24-11-6-12-25-48)58-32-21-29-51(44-58)62-45-52-28-17-18-34-60(52)65-64(62)61-35-19-20-36-63(61)67(65)56-30-15-8-16-31-56/h3-45H,1H2,2H3/b33-4-,59-46-. The number of hydrogen-bond donors (Lipinski definition) is 0. The third-order valence-electron chi connectivity index (χ3n) is 12.9. The molecule has 1 heterocycles. The summed E-state index contributed by atoms with van der Waals surface area (Å²) in [5, 5.41) is 4.89. The summed E-state index contributed by atoms with van der Waals surface area (Å²) in [6, 6.07) is 87.8. The molecule has 0 aliphatic carbocycles. The van der Waals surface area contributed by atoms with Gasteiger partial charge in [-0.25, -0.2) is 0 Å². The molecule has 2 nitrogen and oxygen atoms in total. The molecular formula is C65H48N2. The van der Waals surface area contributed by atoms with Crippen LogP contribution in [-0.2, 0) is 0 Å². The molecule has 0 fully saturated rings. The number of allylic oxidation sites excluding steroid dienone is 5. The topological polar surface area (TPSA) is 8.17 Å². The molecule has 318 valence electrons. The Kier molecular flexibility index (Phi) is 11.0. The molecule has 2 heteroatoms. The number of aromatic nitrogens is 1. The lowest BCUT2D eigenvalue weighted by Gasteiger charge is -2.29. The van der Waals surface area contributed by atoms with Gasteiger partial charge < -0.3 is 9.47 Å². The van der Waals surface area contributed by atoms with Gasteiger partial charge in [0.05, 0.1) is 11.0 Å². The van der Waals surface area contributed by atoms with E-state index in [0.29, 0.717) is 0 Å². The van der Waals surface area contributed by atoms with Gasteiger partial charge in [0.15, 0.2) is 0 Å². The van der Waals surface area contributed by atoms with Crippen LogP contribution >= 0.6 is 0 Å². The lowest BCUT2D eigenvalue weighted by Crippen LogP contribution is -2.16.